The molecule has 0 saturated carbocycles. The van der Waals surface area contributed by atoms with Gasteiger partial charge in [-0.2, -0.15) is 0 Å². The zero-order valence-corrected chi connectivity index (χ0v) is 8.94. The second-order valence-corrected chi connectivity index (χ2v) is 3.91. The van der Waals surface area contributed by atoms with Gasteiger partial charge in [0, 0.05) is 0 Å². The van der Waals surface area contributed by atoms with E-state index in [4.69, 9.17) is 0 Å². The van der Waals surface area contributed by atoms with E-state index in [1.54, 1.807) is 0 Å². The van der Waals surface area contributed by atoms with Crippen LogP contribution in [0.5, 0.6) is 5.75 Å². The van der Waals surface area contributed by atoms with Crippen LogP contribution in [-0.4, -0.2) is 6.36 Å². The molecule has 0 aromatic heterocycles. The van der Waals surface area contributed by atoms with E-state index in [1.807, 2.05) is 13.8 Å². The SMILES string of the molecule is CC(C)Cc1ccc(OC(F)(F)F)c(F)c1. The molecule has 1 nitrogen and oxygen atoms in total. The summed E-state index contributed by atoms with van der Waals surface area (Å²) in [5.41, 5.74) is 0.655. The van der Waals surface area contributed by atoms with Gasteiger partial charge in [0.05, 0.1) is 0 Å². The Bertz CT molecular complexity index is 357. The maximum absolute atomic E-state index is 13.2. The Morgan fingerprint density at radius 2 is 1.88 bits per heavy atom. The van der Waals surface area contributed by atoms with Gasteiger partial charge in [-0.25, -0.2) is 4.39 Å². The molecule has 0 unspecified atom stereocenters. The summed E-state index contributed by atoms with van der Waals surface area (Å²) in [5, 5.41) is 0. The minimum Gasteiger partial charge on any atom is -0.403 e. The van der Waals surface area contributed by atoms with E-state index in [0.717, 1.165) is 12.1 Å². The average molecular weight is 236 g/mol. The van der Waals surface area contributed by atoms with Gasteiger partial charge in [0.2, 0.25) is 0 Å². The molecule has 0 aliphatic rings. The predicted molar refractivity (Wildman–Crippen MR) is 51.6 cm³/mol. The number of halogens is 4. The van der Waals surface area contributed by atoms with Crippen LogP contribution in [0.15, 0.2) is 18.2 Å². The Hall–Kier alpha value is -1.26. The van der Waals surface area contributed by atoms with E-state index < -0.39 is 17.9 Å². The lowest BCUT2D eigenvalue weighted by Crippen LogP contribution is -2.18. The van der Waals surface area contributed by atoms with Gasteiger partial charge in [-0.3, -0.25) is 0 Å². The molecule has 1 rings (SSSR count). The van der Waals surface area contributed by atoms with Crippen molar-refractivity contribution in [3.05, 3.63) is 29.6 Å². The average Bonchev–Trinajstić information content (AvgIpc) is 2.06. The van der Waals surface area contributed by atoms with Crippen molar-refractivity contribution >= 4 is 0 Å². The first-order valence-electron chi connectivity index (χ1n) is 4.82. The molecule has 0 fully saturated rings. The number of ether oxygens (including phenoxy) is 1. The molecule has 0 aliphatic heterocycles. The van der Waals surface area contributed by atoms with Crippen molar-refractivity contribution in [3.63, 3.8) is 0 Å². The highest BCUT2D eigenvalue weighted by Crippen LogP contribution is 2.26. The standard InChI is InChI=1S/C11H12F4O/c1-7(2)5-8-3-4-10(9(12)6-8)16-11(13,14)15/h3-4,6-7H,5H2,1-2H3. The van der Waals surface area contributed by atoms with Crippen LogP contribution in [-0.2, 0) is 6.42 Å². The quantitative estimate of drug-likeness (QED) is 0.722. The molecule has 1 aromatic carbocycles. The minimum absolute atomic E-state index is 0.314. The highest BCUT2D eigenvalue weighted by Gasteiger charge is 2.32. The Morgan fingerprint density at radius 3 is 2.31 bits per heavy atom. The van der Waals surface area contributed by atoms with E-state index >= 15 is 0 Å². The van der Waals surface area contributed by atoms with Gasteiger partial charge in [0.1, 0.15) is 0 Å². The molecule has 0 aliphatic carbocycles. The largest absolute Gasteiger partial charge is 0.573 e. The summed E-state index contributed by atoms with van der Waals surface area (Å²) >= 11 is 0. The topological polar surface area (TPSA) is 9.23 Å². The lowest BCUT2D eigenvalue weighted by molar-refractivity contribution is -0.275. The van der Waals surface area contributed by atoms with E-state index in [0.29, 0.717) is 17.9 Å². The van der Waals surface area contributed by atoms with Crippen LogP contribution in [0.3, 0.4) is 0 Å². The summed E-state index contributed by atoms with van der Waals surface area (Å²) in [6.45, 7) is 3.88. The van der Waals surface area contributed by atoms with Crippen molar-refractivity contribution < 1.29 is 22.3 Å². The lowest BCUT2D eigenvalue weighted by atomic mass is 10.0. The summed E-state index contributed by atoms with van der Waals surface area (Å²) in [4.78, 5) is 0. The fourth-order valence-electron chi connectivity index (χ4n) is 1.35. The van der Waals surface area contributed by atoms with E-state index in [9.17, 15) is 17.6 Å². The first-order valence-corrected chi connectivity index (χ1v) is 4.82. The van der Waals surface area contributed by atoms with Crippen molar-refractivity contribution in [2.75, 3.05) is 0 Å². The van der Waals surface area contributed by atoms with Crippen molar-refractivity contribution in [3.8, 4) is 5.75 Å². The van der Waals surface area contributed by atoms with Crippen LogP contribution in [0.25, 0.3) is 0 Å². The zero-order valence-electron chi connectivity index (χ0n) is 8.94. The number of rotatable bonds is 3. The van der Waals surface area contributed by atoms with Gasteiger partial charge in [-0.05, 0) is 30.0 Å². The highest BCUT2D eigenvalue weighted by atomic mass is 19.4. The second-order valence-electron chi connectivity index (χ2n) is 3.91. The predicted octanol–water partition coefficient (Wildman–Crippen LogP) is 3.92. The Kier molecular flexibility index (Phi) is 3.78. The maximum atomic E-state index is 13.2. The molecule has 1 aromatic rings. The van der Waals surface area contributed by atoms with Gasteiger partial charge >= 0.3 is 6.36 Å². The second kappa shape index (κ2) is 4.72. The third-order valence-electron chi connectivity index (χ3n) is 1.87. The summed E-state index contributed by atoms with van der Waals surface area (Å²) in [5.74, 6) is -1.47. The van der Waals surface area contributed by atoms with Gasteiger partial charge in [-0.1, -0.05) is 19.9 Å². The van der Waals surface area contributed by atoms with Crippen molar-refractivity contribution in [2.24, 2.45) is 5.92 Å². The molecule has 0 bridgehead atoms. The molecular formula is C11H12F4O. The van der Waals surface area contributed by atoms with Crippen LogP contribution >= 0.6 is 0 Å². The molecule has 90 valence electrons. The highest BCUT2D eigenvalue weighted by molar-refractivity contribution is 5.29. The molecule has 0 spiro atoms. The van der Waals surface area contributed by atoms with Gasteiger partial charge in [0.15, 0.2) is 11.6 Å². The molecular weight excluding hydrogens is 224 g/mol. The number of benzene rings is 1. The summed E-state index contributed by atoms with van der Waals surface area (Å²) in [6, 6.07) is 3.51. The molecule has 0 atom stereocenters. The molecule has 0 heterocycles. The van der Waals surface area contributed by atoms with Crippen molar-refractivity contribution in [1.82, 2.24) is 0 Å². The smallest absolute Gasteiger partial charge is 0.403 e. The normalized spacial score (nSPS) is 11.9. The zero-order chi connectivity index (χ0) is 12.3. The van der Waals surface area contributed by atoms with Crippen molar-refractivity contribution in [2.45, 2.75) is 26.6 Å². The fourth-order valence-corrected chi connectivity index (χ4v) is 1.35. The summed E-state index contributed by atoms with van der Waals surface area (Å²) < 4.78 is 52.3. The first-order chi connectivity index (χ1) is 7.28. The van der Waals surface area contributed by atoms with E-state index in [1.165, 1.54) is 6.07 Å². The molecule has 16 heavy (non-hydrogen) atoms. The summed E-state index contributed by atoms with van der Waals surface area (Å²) in [6.07, 6.45) is -4.25. The molecule has 0 radical (unpaired) electrons. The molecule has 0 saturated heterocycles. The third kappa shape index (κ3) is 4.08. The molecule has 0 amide bonds. The third-order valence-corrected chi connectivity index (χ3v) is 1.87. The fraction of sp³-hybridized carbons (Fsp3) is 0.455. The number of hydrogen-bond acceptors (Lipinski definition) is 1. The monoisotopic (exact) mass is 236 g/mol. The summed E-state index contributed by atoms with van der Waals surface area (Å²) in [7, 11) is 0. The van der Waals surface area contributed by atoms with Crippen LogP contribution in [0, 0.1) is 11.7 Å². The van der Waals surface area contributed by atoms with Crippen LogP contribution < -0.4 is 4.74 Å². The Labute approximate surface area is 91.0 Å². The lowest BCUT2D eigenvalue weighted by Gasteiger charge is -2.11. The molecule has 0 N–H and O–H groups in total. The number of hydrogen-bond donors (Lipinski definition) is 0. The van der Waals surface area contributed by atoms with E-state index in [2.05, 4.69) is 4.74 Å². The molecule has 5 heteroatoms. The van der Waals surface area contributed by atoms with Crippen LogP contribution in [0.4, 0.5) is 17.6 Å². The van der Waals surface area contributed by atoms with E-state index in [-0.39, 0.29) is 0 Å². The van der Waals surface area contributed by atoms with Gasteiger partial charge < -0.3 is 4.74 Å². The van der Waals surface area contributed by atoms with Crippen molar-refractivity contribution in [1.29, 1.82) is 0 Å². The minimum atomic E-state index is -4.86. The first kappa shape index (κ1) is 12.8. The van der Waals surface area contributed by atoms with Gasteiger partial charge in [-0.15, -0.1) is 13.2 Å². The van der Waals surface area contributed by atoms with Crippen LogP contribution in [0.2, 0.25) is 0 Å². The maximum Gasteiger partial charge on any atom is 0.573 e. The van der Waals surface area contributed by atoms with Gasteiger partial charge in [0.25, 0.3) is 0 Å². The number of alkyl halides is 3. The van der Waals surface area contributed by atoms with Crippen LogP contribution in [0.1, 0.15) is 19.4 Å². The Balaban J connectivity index is 2.83. The Morgan fingerprint density at radius 1 is 1.25 bits per heavy atom.